The Morgan fingerprint density at radius 1 is 0.742 bits per heavy atom. The number of terminal acetylenes is 1. The van der Waals surface area contributed by atoms with Gasteiger partial charge in [-0.2, -0.15) is 4.57 Å². The maximum absolute atomic E-state index is 14.5. The second-order valence-electron chi connectivity index (χ2n) is 19.0. The van der Waals surface area contributed by atoms with Gasteiger partial charge in [-0.25, -0.2) is 0 Å². The molecule has 0 saturated heterocycles. The van der Waals surface area contributed by atoms with E-state index in [4.69, 9.17) is 20.3 Å². The molecule has 0 bridgehead atoms. The maximum atomic E-state index is 14.5. The van der Waals surface area contributed by atoms with Crippen LogP contribution in [-0.4, -0.2) is 25.2 Å². The van der Waals surface area contributed by atoms with Crippen LogP contribution >= 0.6 is 11.8 Å². The third kappa shape index (κ3) is 13.7. The summed E-state index contributed by atoms with van der Waals surface area (Å²) in [4.78, 5) is 17.9. The first-order valence-corrected chi connectivity index (χ1v) is 26.7. The summed E-state index contributed by atoms with van der Waals surface area (Å²) in [6.07, 6.45) is 37.3. The summed E-state index contributed by atoms with van der Waals surface area (Å²) < 4.78 is 20.8. The number of carbonyl (C=O) groups excluding carboxylic acids is 1. The van der Waals surface area contributed by atoms with Crippen LogP contribution < -0.4 is 18.9 Å². The van der Waals surface area contributed by atoms with E-state index in [0.29, 0.717) is 23.8 Å². The highest BCUT2D eigenvalue weighted by molar-refractivity contribution is 8.03. The molecular weight excluding hydrogens is 833 g/mol. The van der Waals surface area contributed by atoms with Gasteiger partial charge in [-0.05, 0) is 54.3 Å². The average Bonchev–Trinajstić information content (AvgIpc) is 3.78. The first kappa shape index (κ1) is 50.7. The standard InChI is InChI=1S/C59H79N2O4S/c1-7-10-12-14-15-16-17-18-19-20-21-22-23-24-26-30-38-60-52-36-34-47(63-6)41-51(52)59(4,5)55(60)43-49-57(62)50(58(49)66-40-9-3)44-56-61(39-31-25-13-11-8-2)53-37-35-48(42-54(53)65-56)64-45-46-32-28-27-29-33-46/h3,27-29,32-37,41-44H,7-8,10-26,30-31,38-40,45H2,1-2,4-6H3/q+1. The number of nitrogens with zero attached hydrogens (tertiary/aromatic N) is 2. The highest BCUT2D eigenvalue weighted by Gasteiger charge is 2.43. The number of rotatable bonds is 31. The van der Waals surface area contributed by atoms with Crippen LogP contribution in [0.5, 0.6) is 11.5 Å². The smallest absolute Gasteiger partial charge is 0.374 e. The Balaban J connectivity index is 1.18. The number of thioether (sulfide) groups is 1. The summed E-state index contributed by atoms with van der Waals surface area (Å²) in [5.41, 5.74) is 7.43. The van der Waals surface area contributed by atoms with Crippen LogP contribution in [0.3, 0.4) is 0 Å². The molecule has 0 atom stereocenters. The number of hydrogen-bond acceptors (Lipinski definition) is 6. The van der Waals surface area contributed by atoms with Crippen LogP contribution in [-0.2, 0) is 23.4 Å². The molecule has 0 radical (unpaired) electrons. The lowest BCUT2D eigenvalue weighted by molar-refractivity contribution is -0.678. The summed E-state index contributed by atoms with van der Waals surface area (Å²) in [6, 6.07) is 22.7. The Kier molecular flexibility index (Phi) is 20.5. The molecule has 0 saturated carbocycles. The van der Waals surface area contributed by atoms with Crippen LogP contribution in [0.25, 0.3) is 17.2 Å². The molecule has 66 heavy (non-hydrogen) atoms. The molecule has 7 heteroatoms. The van der Waals surface area contributed by atoms with Crippen molar-refractivity contribution in [1.82, 2.24) is 0 Å². The number of aromatic nitrogens is 1. The summed E-state index contributed by atoms with van der Waals surface area (Å²) in [7, 11) is 1.73. The van der Waals surface area contributed by atoms with Crippen molar-refractivity contribution in [3.63, 3.8) is 0 Å². The number of oxazole rings is 1. The van der Waals surface area contributed by atoms with E-state index < -0.39 is 0 Å². The van der Waals surface area contributed by atoms with E-state index >= 15 is 0 Å². The maximum Gasteiger partial charge on any atom is 0.374 e. The SMILES string of the molecule is C#CCSC1=C(C=C2N(CCCCCCCCCCCCCCCCCC)c3ccc(OC)cc3C2(C)C)C(=O)C1=Cc1oc2cc(OCc3ccccc3)ccc2[n+]1CCCCCCC. The fraction of sp³-hybridized carbons (Fsp3) is 0.525. The van der Waals surface area contributed by atoms with Crippen LogP contribution in [0.15, 0.2) is 99.0 Å². The van der Waals surface area contributed by atoms with Crippen LogP contribution in [0, 0.1) is 12.3 Å². The van der Waals surface area contributed by atoms with Gasteiger partial charge < -0.3 is 18.8 Å². The van der Waals surface area contributed by atoms with E-state index in [1.807, 2.05) is 36.4 Å². The Hall–Kier alpha value is -4.67. The van der Waals surface area contributed by atoms with E-state index in [1.54, 1.807) is 18.9 Å². The van der Waals surface area contributed by atoms with Crippen molar-refractivity contribution in [3.8, 4) is 23.8 Å². The van der Waals surface area contributed by atoms with Gasteiger partial charge in [-0.3, -0.25) is 4.79 Å². The van der Waals surface area contributed by atoms with E-state index in [2.05, 4.69) is 85.6 Å². The number of hydrogen-bond donors (Lipinski definition) is 0. The summed E-state index contributed by atoms with van der Waals surface area (Å²) in [5, 5.41) is 0. The minimum absolute atomic E-state index is 0.0237. The molecule has 3 aromatic carbocycles. The molecule has 1 aliphatic carbocycles. The second kappa shape index (κ2) is 26.6. The molecule has 4 aromatic rings. The minimum Gasteiger partial charge on any atom is -0.497 e. The molecule has 0 amide bonds. The Morgan fingerprint density at radius 3 is 1.97 bits per heavy atom. The molecule has 0 N–H and O–H groups in total. The quantitative estimate of drug-likeness (QED) is 0.0217. The first-order valence-electron chi connectivity index (χ1n) is 25.7. The number of carbonyl (C=O) groups is 1. The number of benzene rings is 3. The highest BCUT2D eigenvalue weighted by Crippen LogP contribution is 2.51. The summed E-state index contributed by atoms with van der Waals surface area (Å²) in [5.74, 6) is 5.57. The lowest BCUT2D eigenvalue weighted by Crippen LogP contribution is -2.36. The molecule has 0 fully saturated rings. The zero-order valence-corrected chi connectivity index (χ0v) is 42.0. The summed E-state index contributed by atoms with van der Waals surface area (Å²) >= 11 is 1.56. The van der Waals surface area contributed by atoms with Gasteiger partial charge in [0.25, 0.3) is 5.52 Å². The molecule has 1 aliphatic heterocycles. The summed E-state index contributed by atoms with van der Waals surface area (Å²) in [6.45, 7) is 11.3. The molecular formula is C59H79N2O4S+. The second-order valence-corrected chi connectivity index (χ2v) is 20.0. The van der Waals surface area contributed by atoms with Crippen molar-refractivity contribution in [2.75, 3.05) is 24.3 Å². The molecule has 2 heterocycles. The third-order valence-corrected chi connectivity index (χ3v) is 14.6. The van der Waals surface area contributed by atoms with E-state index in [1.165, 1.54) is 127 Å². The van der Waals surface area contributed by atoms with Crippen LogP contribution in [0.1, 0.15) is 180 Å². The lowest BCUT2D eigenvalue weighted by Gasteiger charge is -2.30. The molecule has 354 valence electrons. The van der Waals surface area contributed by atoms with Gasteiger partial charge >= 0.3 is 5.89 Å². The molecule has 1 aromatic heterocycles. The van der Waals surface area contributed by atoms with E-state index in [0.717, 1.165) is 76.7 Å². The third-order valence-electron chi connectivity index (χ3n) is 13.6. The molecule has 0 spiro atoms. The fourth-order valence-electron chi connectivity index (χ4n) is 9.65. The van der Waals surface area contributed by atoms with Crippen molar-refractivity contribution in [2.24, 2.45) is 0 Å². The number of anilines is 1. The Morgan fingerprint density at radius 2 is 1.35 bits per heavy atom. The monoisotopic (exact) mass is 912 g/mol. The number of fused-ring (bicyclic) bond motifs is 2. The van der Waals surface area contributed by atoms with Crippen molar-refractivity contribution in [1.29, 1.82) is 0 Å². The predicted molar refractivity (Wildman–Crippen MR) is 278 cm³/mol. The lowest BCUT2D eigenvalue weighted by atomic mass is 9.81. The van der Waals surface area contributed by atoms with Crippen molar-refractivity contribution >= 4 is 40.4 Å². The average molecular weight is 912 g/mol. The Bertz CT molecular complexity index is 2290. The fourth-order valence-corrected chi connectivity index (χ4v) is 10.5. The van der Waals surface area contributed by atoms with Gasteiger partial charge in [-0.15, -0.1) is 18.2 Å². The number of unbranched alkanes of at least 4 members (excludes halogenated alkanes) is 19. The zero-order chi connectivity index (χ0) is 46.6. The van der Waals surface area contributed by atoms with E-state index in [-0.39, 0.29) is 11.2 Å². The number of ketones is 1. The van der Waals surface area contributed by atoms with Gasteiger partial charge in [0.05, 0.1) is 18.9 Å². The molecule has 6 rings (SSSR count). The number of aryl methyl sites for hydroxylation is 1. The highest BCUT2D eigenvalue weighted by atomic mass is 32.2. The van der Waals surface area contributed by atoms with Crippen molar-refractivity contribution in [3.05, 3.63) is 112 Å². The number of methoxy groups -OCH3 is 1. The largest absolute Gasteiger partial charge is 0.497 e. The normalized spacial score (nSPS) is 15.5. The van der Waals surface area contributed by atoms with Crippen molar-refractivity contribution in [2.45, 2.75) is 181 Å². The van der Waals surface area contributed by atoms with Gasteiger partial charge in [0, 0.05) is 57.9 Å². The van der Waals surface area contributed by atoms with Crippen molar-refractivity contribution < 1.29 is 23.3 Å². The van der Waals surface area contributed by atoms with Crippen LogP contribution in [0.4, 0.5) is 5.69 Å². The minimum atomic E-state index is -0.340. The predicted octanol–water partition coefficient (Wildman–Crippen LogP) is 15.8. The van der Waals surface area contributed by atoms with Gasteiger partial charge in [0.2, 0.25) is 5.58 Å². The molecule has 0 unspecified atom stereocenters. The topological polar surface area (TPSA) is 55.8 Å². The van der Waals surface area contributed by atoms with Crippen LogP contribution in [0.2, 0.25) is 0 Å². The Labute approximate surface area is 402 Å². The molecule has 2 aliphatic rings. The van der Waals surface area contributed by atoms with Gasteiger partial charge in [0.15, 0.2) is 12.3 Å². The van der Waals surface area contributed by atoms with Gasteiger partial charge in [0.1, 0.15) is 18.1 Å². The number of ether oxygens (including phenoxy) is 2. The van der Waals surface area contributed by atoms with E-state index in [9.17, 15) is 4.79 Å². The zero-order valence-electron chi connectivity index (χ0n) is 41.2. The number of allylic oxidation sites excluding steroid dienone is 4. The first-order chi connectivity index (χ1) is 32.3. The number of Topliss-reactive ketones (excluding diaryl/α,β-unsaturated/α-hetero) is 1. The molecule has 6 nitrogen and oxygen atoms in total. The van der Waals surface area contributed by atoms with Gasteiger partial charge in [-0.1, -0.05) is 180 Å².